The molecule has 0 saturated heterocycles. The average Bonchev–Trinajstić information content (AvgIpc) is 2.27. The van der Waals surface area contributed by atoms with Crippen molar-refractivity contribution in [1.29, 1.82) is 0 Å². The normalized spacial score (nSPS) is 11.5. The van der Waals surface area contributed by atoms with Crippen LogP contribution in [0.4, 0.5) is 0 Å². The second-order valence-electron chi connectivity index (χ2n) is 3.31. The van der Waals surface area contributed by atoms with Gasteiger partial charge in [-0.15, -0.1) is 6.58 Å². The van der Waals surface area contributed by atoms with E-state index in [1.807, 2.05) is 0 Å². The lowest BCUT2D eigenvalue weighted by Crippen LogP contribution is -2.04. The highest BCUT2D eigenvalue weighted by Crippen LogP contribution is 2.13. The third-order valence-electron chi connectivity index (χ3n) is 1.99. The number of benzene rings is 1. The lowest BCUT2D eigenvalue weighted by atomic mass is 10.2. The summed E-state index contributed by atoms with van der Waals surface area (Å²) in [5.41, 5.74) is 0.630. The summed E-state index contributed by atoms with van der Waals surface area (Å²) < 4.78 is 23.3. The van der Waals surface area contributed by atoms with Gasteiger partial charge >= 0.3 is 5.97 Å². The summed E-state index contributed by atoms with van der Waals surface area (Å²) >= 11 is 0. The fraction of sp³-hybridized carbons (Fsp3) is 0.0833. The number of sulfone groups is 1. The second kappa shape index (κ2) is 5.45. The van der Waals surface area contributed by atoms with Gasteiger partial charge in [0, 0.05) is 6.08 Å². The zero-order valence-electron chi connectivity index (χ0n) is 9.04. The predicted molar refractivity (Wildman–Crippen MR) is 65.4 cm³/mol. The van der Waals surface area contributed by atoms with E-state index >= 15 is 0 Å². The van der Waals surface area contributed by atoms with E-state index in [9.17, 15) is 13.2 Å². The average molecular weight is 252 g/mol. The standard InChI is InChI=1S/C12H12O4S/c1-2-9-17(15,16)11-6-3-10(4-7-11)5-8-12(13)14/h2-8H,1,9H2,(H,13,14). The Morgan fingerprint density at radius 2 is 1.88 bits per heavy atom. The largest absolute Gasteiger partial charge is 0.478 e. The van der Waals surface area contributed by atoms with Crippen molar-refractivity contribution in [3.63, 3.8) is 0 Å². The first kappa shape index (κ1) is 13.2. The Kier molecular flexibility index (Phi) is 4.23. The molecule has 90 valence electrons. The highest BCUT2D eigenvalue weighted by Gasteiger charge is 2.11. The summed E-state index contributed by atoms with van der Waals surface area (Å²) in [5.74, 6) is -1.16. The Labute approximate surface area is 99.8 Å². The lowest BCUT2D eigenvalue weighted by molar-refractivity contribution is -0.131. The minimum atomic E-state index is -3.32. The Balaban J connectivity index is 2.96. The van der Waals surface area contributed by atoms with Crippen LogP contribution >= 0.6 is 0 Å². The quantitative estimate of drug-likeness (QED) is 0.640. The Morgan fingerprint density at radius 3 is 2.35 bits per heavy atom. The van der Waals surface area contributed by atoms with E-state index in [1.165, 1.54) is 24.3 Å². The summed E-state index contributed by atoms with van der Waals surface area (Å²) in [4.78, 5) is 10.5. The number of carboxylic acid groups (broad SMARTS) is 1. The van der Waals surface area contributed by atoms with Gasteiger partial charge in [-0.25, -0.2) is 13.2 Å². The van der Waals surface area contributed by atoms with Crippen LogP contribution in [0.3, 0.4) is 0 Å². The highest BCUT2D eigenvalue weighted by atomic mass is 32.2. The Morgan fingerprint density at radius 1 is 1.29 bits per heavy atom. The number of carbonyl (C=O) groups is 1. The molecule has 4 nitrogen and oxygen atoms in total. The van der Waals surface area contributed by atoms with Gasteiger partial charge in [0.25, 0.3) is 0 Å². The molecule has 0 aliphatic rings. The fourth-order valence-electron chi connectivity index (χ4n) is 1.21. The first-order valence-corrected chi connectivity index (χ1v) is 6.45. The molecule has 0 aromatic heterocycles. The molecule has 0 saturated carbocycles. The van der Waals surface area contributed by atoms with Gasteiger partial charge < -0.3 is 5.11 Å². The van der Waals surface area contributed by atoms with Crippen molar-refractivity contribution in [2.45, 2.75) is 4.90 Å². The van der Waals surface area contributed by atoms with Crippen molar-refractivity contribution in [2.75, 3.05) is 5.75 Å². The molecule has 0 fully saturated rings. The number of hydrogen-bond acceptors (Lipinski definition) is 3. The molecule has 0 bridgehead atoms. The van der Waals surface area contributed by atoms with Gasteiger partial charge in [-0.2, -0.15) is 0 Å². The minimum Gasteiger partial charge on any atom is -0.478 e. The number of rotatable bonds is 5. The zero-order chi connectivity index (χ0) is 12.9. The van der Waals surface area contributed by atoms with Crippen LogP contribution in [0.25, 0.3) is 6.08 Å². The summed E-state index contributed by atoms with van der Waals surface area (Å²) in [6.07, 6.45) is 3.72. The van der Waals surface area contributed by atoms with E-state index in [0.717, 1.165) is 6.08 Å². The second-order valence-corrected chi connectivity index (χ2v) is 5.34. The van der Waals surface area contributed by atoms with Crippen LogP contribution in [-0.4, -0.2) is 25.2 Å². The van der Waals surface area contributed by atoms with Crippen molar-refractivity contribution in [3.8, 4) is 0 Å². The van der Waals surface area contributed by atoms with Gasteiger partial charge in [0.15, 0.2) is 9.84 Å². The Bertz CT molecular complexity index is 538. The van der Waals surface area contributed by atoms with E-state index in [0.29, 0.717) is 5.56 Å². The molecule has 0 spiro atoms. The van der Waals surface area contributed by atoms with Gasteiger partial charge in [0.05, 0.1) is 10.6 Å². The van der Waals surface area contributed by atoms with Crippen molar-refractivity contribution in [1.82, 2.24) is 0 Å². The molecule has 5 heteroatoms. The molecule has 0 aliphatic heterocycles. The topological polar surface area (TPSA) is 71.4 Å². The molecule has 0 unspecified atom stereocenters. The smallest absolute Gasteiger partial charge is 0.328 e. The maximum absolute atomic E-state index is 11.6. The van der Waals surface area contributed by atoms with Crippen LogP contribution in [0.2, 0.25) is 0 Å². The molecular weight excluding hydrogens is 240 g/mol. The van der Waals surface area contributed by atoms with Crippen LogP contribution in [0, 0.1) is 0 Å². The third kappa shape index (κ3) is 3.88. The van der Waals surface area contributed by atoms with E-state index in [1.54, 1.807) is 12.1 Å². The number of aliphatic carboxylic acids is 1. The highest BCUT2D eigenvalue weighted by molar-refractivity contribution is 7.91. The molecule has 0 aliphatic carbocycles. The number of hydrogen-bond donors (Lipinski definition) is 1. The summed E-state index contributed by atoms with van der Waals surface area (Å²) in [7, 11) is -3.32. The van der Waals surface area contributed by atoms with Crippen LogP contribution in [0.5, 0.6) is 0 Å². The molecule has 1 rings (SSSR count). The van der Waals surface area contributed by atoms with E-state index in [2.05, 4.69) is 6.58 Å². The van der Waals surface area contributed by atoms with Crippen molar-refractivity contribution >= 4 is 21.9 Å². The predicted octanol–water partition coefficient (Wildman–Crippen LogP) is 1.74. The fourth-order valence-corrected chi connectivity index (χ4v) is 2.26. The van der Waals surface area contributed by atoms with Crippen LogP contribution < -0.4 is 0 Å². The first-order chi connectivity index (χ1) is 7.95. The number of carboxylic acids is 1. The Hall–Kier alpha value is -1.88. The van der Waals surface area contributed by atoms with Crippen molar-refractivity contribution in [2.24, 2.45) is 0 Å². The van der Waals surface area contributed by atoms with Crippen LogP contribution in [-0.2, 0) is 14.6 Å². The monoisotopic (exact) mass is 252 g/mol. The van der Waals surface area contributed by atoms with Crippen LogP contribution in [0.1, 0.15) is 5.56 Å². The van der Waals surface area contributed by atoms with Crippen molar-refractivity contribution < 1.29 is 18.3 Å². The lowest BCUT2D eigenvalue weighted by Gasteiger charge is -2.01. The van der Waals surface area contributed by atoms with Gasteiger partial charge in [0.2, 0.25) is 0 Å². The molecular formula is C12H12O4S. The molecule has 17 heavy (non-hydrogen) atoms. The summed E-state index contributed by atoms with van der Waals surface area (Å²) in [6, 6.07) is 5.99. The molecule has 1 N–H and O–H groups in total. The molecule has 0 radical (unpaired) electrons. The molecule has 1 aromatic carbocycles. The van der Waals surface area contributed by atoms with Crippen molar-refractivity contribution in [3.05, 3.63) is 48.6 Å². The SMILES string of the molecule is C=CCS(=O)(=O)c1ccc(C=CC(=O)O)cc1. The molecule has 0 amide bonds. The van der Waals surface area contributed by atoms with Gasteiger partial charge in [-0.05, 0) is 23.8 Å². The van der Waals surface area contributed by atoms with E-state index in [4.69, 9.17) is 5.11 Å². The summed E-state index contributed by atoms with van der Waals surface area (Å²) in [6.45, 7) is 3.38. The third-order valence-corrected chi connectivity index (χ3v) is 3.66. The molecule has 1 aromatic rings. The molecule has 0 heterocycles. The van der Waals surface area contributed by atoms with Gasteiger partial charge in [-0.1, -0.05) is 18.2 Å². The first-order valence-electron chi connectivity index (χ1n) is 4.80. The van der Waals surface area contributed by atoms with E-state index < -0.39 is 15.8 Å². The maximum atomic E-state index is 11.6. The van der Waals surface area contributed by atoms with Crippen LogP contribution in [0.15, 0.2) is 47.9 Å². The maximum Gasteiger partial charge on any atom is 0.328 e. The molecule has 0 atom stereocenters. The van der Waals surface area contributed by atoms with E-state index in [-0.39, 0.29) is 10.6 Å². The van der Waals surface area contributed by atoms with Gasteiger partial charge in [0.1, 0.15) is 0 Å². The van der Waals surface area contributed by atoms with Gasteiger partial charge in [-0.3, -0.25) is 0 Å². The summed E-state index contributed by atoms with van der Waals surface area (Å²) in [5, 5.41) is 8.43. The minimum absolute atomic E-state index is 0.114. The zero-order valence-corrected chi connectivity index (χ0v) is 9.85.